The number of hydrogen-bond acceptors (Lipinski definition) is 7. The number of nitrogens with zero attached hydrogens (tertiary/aromatic N) is 4. The van der Waals surface area contributed by atoms with E-state index in [0.717, 1.165) is 11.3 Å². The summed E-state index contributed by atoms with van der Waals surface area (Å²) in [6.45, 7) is 0.510. The Morgan fingerprint density at radius 2 is 1.96 bits per heavy atom. The molecule has 0 saturated carbocycles. The third-order valence-electron chi connectivity index (χ3n) is 3.71. The number of hydrogen-bond donors (Lipinski definition) is 2. The van der Waals surface area contributed by atoms with E-state index in [1.165, 1.54) is 6.26 Å². The van der Waals surface area contributed by atoms with Gasteiger partial charge >= 0.3 is 0 Å². The standard InChI is InChI=1S/C18H18N6O/c1-24(2)13-7-5-12(6-8-13)11-21-17-14(10-19)16(22-18(20)23-17)15-4-3-9-25-15/h3-9H,11H2,1-2H3,(H3,20,21,22,23). The Bertz CT molecular complexity index is 895. The first-order valence-corrected chi connectivity index (χ1v) is 7.70. The van der Waals surface area contributed by atoms with E-state index in [9.17, 15) is 5.26 Å². The molecule has 0 atom stereocenters. The minimum Gasteiger partial charge on any atom is -0.463 e. The van der Waals surface area contributed by atoms with Crippen LogP contribution in [0.15, 0.2) is 47.1 Å². The largest absolute Gasteiger partial charge is 0.463 e. The molecule has 0 aliphatic heterocycles. The number of furan rings is 1. The van der Waals surface area contributed by atoms with Gasteiger partial charge in [0.25, 0.3) is 0 Å². The molecule has 0 fully saturated rings. The summed E-state index contributed by atoms with van der Waals surface area (Å²) in [6.07, 6.45) is 1.52. The van der Waals surface area contributed by atoms with Gasteiger partial charge in [0.1, 0.15) is 17.3 Å². The lowest BCUT2D eigenvalue weighted by Gasteiger charge is -2.13. The van der Waals surface area contributed by atoms with Crippen molar-refractivity contribution in [2.45, 2.75) is 6.54 Å². The van der Waals surface area contributed by atoms with Crippen molar-refractivity contribution in [3.05, 3.63) is 53.8 Å². The van der Waals surface area contributed by atoms with Crippen LogP contribution in [0.3, 0.4) is 0 Å². The van der Waals surface area contributed by atoms with Crippen LogP contribution in [0.1, 0.15) is 11.1 Å². The highest BCUT2D eigenvalue weighted by Crippen LogP contribution is 2.27. The first-order valence-electron chi connectivity index (χ1n) is 7.70. The molecule has 0 radical (unpaired) electrons. The van der Waals surface area contributed by atoms with E-state index in [2.05, 4.69) is 21.4 Å². The second-order valence-corrected chi connectivity index (χ2v) is 5.66. The number of nitriles is 1. The SMILES string of the molecule is CN(C)c1ccc(CNc2nc(N)nc(-c3ccco3)c2C#N)cc1. The fourth-order valence-electron chi connectivity index (χ4n) is 2.40. The molecule has 2 aromatic heterocycles. The van der Waals surface area contributed by atoms with Crippen LogP contribution in [-0.2, 0) is 6.54 Å². The van der Waals surface area contributed by atoms with Crippen molar-refractivity contribution in [2.24, 2.45) is 0 Å². The van der Waals surface area contributed by atoms with Crippen molar-refractivity contribution in [1.29, 1.82) is 5.26 Å². The van der Waals surface area contributed by atoms with Crippen LogP contribution >= 0.6 is 0 Å². The Kier molecular flexibility index (Phi) is 4.53. The van der Waals surface area contributed by atoms with E-state index in [0.29, 0.717) is 29.4 Å². The number of nitrogen functional groups attached to an aromatic ring is 1. The lowest BCUT2D eigenvalue weighted by molar-refractivity contribution is 0.580. The van der Waals surface area contributed by atoms with Gasteiger partial charge in [0.05, 0.1) is 6.26 Å². The maximum atomic E-state index is 9.53. The first kappa shape index (κ1) is 16.3. The minimum absolute atomic E-state index is 0.0795. The molecule has 126 valence electrons. The third kappa shape index (κ3) is 3.53. The van der Waals surface area contributed by atoms with Crippen LogP contribution in [0, 0.1) is 11.3 Å². The summed E-state index contributed by atoms with van der Waals surface area (Å²) in [4.78, 5) is 10.3. The Morgan fingerprint density at radius 3 is 2.56 bits per heavy atom. The van der Waals surface area contributed by atoms with Crippen LogP contribution in [0.5, 0.6) is 0 Å². The molecule has 1 aromatic carbocycles. The highest BCUT2D eigenvalue weighted by Gasteiger charge is 2.16. The molecule has 25 heavy (non-hydrogen) atoms. The zero-order valence-corrected chi connectivity index (χ0v) is 14.0. The number of aromatic nitrogens is 2. The Labute approximate surface area is 145 Å². The van der Waals surface area contributed by atoms with Gasteiger partial charge in [-0.2, -0.15) is 10.2 Å². The molecule has 3 aromatic rings. The molecule has 7 heteroatoms. The summed E-state index contributed by atoms with van der Waals surface area (Å²) in [6, 6.07) is 13.7. The van der Waals surface area contributed by atoms with E-state index in [1.54, 1.807) is 12.1 Å². The molecule has 0 saturated heterocycles. The lowest BCUT2D eigenvalue weighted by Crippen LogP contribution is -2.10. The van der Waals surface area contributed by atoms with E-state index >= 15 is 0 Å². The van der Waals surface area contributed by atoms with E-state index in [4.69, 9.17) is 10.2 Å². The van der Waals surface area contributed by atoms with E-state index in [-0.39, 0.29) is 5.95 Å². The molecular formula is C18H18N6O. The maximum Gasteiger partial charge on any atom is 0.222 e. The molecule has 0 spiro atoms. The van der Waals surface area contributed by atoms with Gasteiger partial charge in [-0.05, 0) is 29.8 Å². The summed E-state index contributed by atoms with van der Waals surface area (Å²) in [5, 5.41) is 12.7. The predicted molar refractivity (Wildman–Crippen MR) is 97.0 cm³/mol. The molecule has 3 rings (SSSR count). The summed E-state index contributed by atoms with van der Waals surface area (Å²) in [7, 11) is 3.98. The van der Waals surface area contributed by atoms with Crippen LogP contribution in [-0.4, -0.2) is 24.1 Å². The molecule has 0 bridgehead atoms. The second-order valence-electron chi connectivity index (χ2n) is 5.66. The van der Waals surface area contributed by atoms with Crippen molar-refractivity contribution in [1.82, 2.24) is 9.97 Å². The van der Waals surface area contributed by atoms with Crippen molar-refractivity contribution >= 4 is 17.5 Å². The van der Waals surface area contributed by atoms with Gasteiger partial charge in [-0.25, -0.2) is 4.98 Å². The molecule has 3 N–H and O–H groups in total. The average molecular weight is 334 g/mol. The molecular weight excluding hydrogens is 316 g/mol. The third-order valence-corrected chi connectivity index (χ3v) is 3.71. The molecule has 2 heterocycles. The molecule has 0 unspecified atom stereocenters. The van der Waals surface area contributed by atoms with Gasteiger partial charge in [-0.15, -0.1) is 0 Å². The lowest BCUT2D eigenvalue weighted by atomic mass is 10.1. The zero-order valence-electron chi connectivity index (χ0n) is 14.0. The number of anilines is 3. The van der Waals surface area contributed by atoms with Crippen molar-refractivity contribution in [3.8, 4) is 17.5 Å². The monoisotopic (exact) mass is 334 g/mol. The first-order chi connectivity index (χ1) is 12.1. The molecule has 7 nitrogen and oxygen atoms in total. The van der Waals surface area contributed by atoms with Crippen molar-refractivity contribution in [2.75, 3.05) is 30.0 Å². The van der Waals surface area contributed by atoms with Crippen LogP contribution in [0.25, 0.3) is 11.5 Å². The summed E-state index contributed by atoms with van der Waals surface area (Å²) in [5.41, 5.74) is 8.65. The smallest absolute Gasteiger partial charge is 0.222 e. The topological polar surface area (TPSA) is 104 Å². The number of nitrogens with two attached hydrogens (primary N) is 1. The van der Waals surface area contributed by atoms with Crippen LogP contribution < -0.4 is 16.0 Å². The molecule has 0 aliphatic carbocycles. The molecule has 0 amide bonds. The highest BCUT2D eigenvalue weighted by molar-refractivity contribution is 5.71. The van der Waals surface area contributed by atoms with Gasteiger partial charge in [0.2, 0.25) is 5.95 Å². The second kappa shape index (κ2) is 6.93. The van der Waals surface area contributed by atoms with Gasteiger partial charge in [0.15, 0.2) is 11.6 Å². The van der Waals surface area contributed by atoms with E-state index in [1.807, 2.05) is 43.3 Å². The quantitative estimate of drug-likeness (QED) is 0.739. The van der Waals surface area contributed by atoms with Crippen molar-refractivity contribution < 1.29 is 4.42 Å². The van der Waals surface area contributed by atoms with Gasteiger partial charge in [-0.1, -0.05) is 12.1 Å². The summed E-state index contributed by atoms with van der Waals surface area (Å²) >= 11 is 0. The molecule has 0 aliphatic rings. The summed E-state index contributed by atoms with van der Waals surface area (Å²) < 4.78 is 5.34. The Balaban J connectivity index is 1.86. The van der Waals surface area contributed by atoms with E-state index < -0.39 is 0 Å². The predicted octanol–water partition coefficient (Wildman–Crippen LogP) is 2.87. The average Bonchev–Trinajstić information content (AvgIpc) is 3.14. The number of nitrogens with one attached hydrogen (secondary N) is 1. The van der Waals surface area contributed by atoms with Gasteiger partial charge in [0, 0.05) is 26.3 Å². The van der Waals surface area contributed by atoms with Crippen LogP contribution in [0.4, 0.5) is 17.5 Å². The van der Waals surface area contributed by atoms with Gasteiger partial charge < -0.3 is 20.4 Å². The fraction of sp³-hybridized carbons (Fsp3) is 0.167. The fourth-order valence-corrected chi connectivity index (χ4v) is 2.40. The number of benzene rings is 1. The maximum absolute atomic E-state index is 9.53. The number of rotatable bonds is 5. The normalized spacial score (nSPS) is 10.3. The van der Waals surface area contributed by atoms with Crippen molar-refractivity contribution in [3.63, 3.8) is 0 Å². The minimum atomic E-state index is 0.0795. The zero-order chi connectivity index (χ0) is 17.8. The Hall–Kier alpha value is -3.53. The highest BCUT2D eigenvalue weighted by atomic mass is 16.3. The summed E-state index contributed by atoms with van der Waals surface area (Å²) in [5.74, 6) is 0.943. The Morgan fingerprint density at radius 1 is 1.20 bits per heavy atom. The van der Waals surface area contributed by atoms with Crippen LogP contribution in [0.2, 0.25) is 0 Å². The van der Waals surface area contributed by atoms with Gasteiger partial charge in [-0.3, -0.25) is 0 Å².